The van der Waals surface area contributed by atoms with E-state index in [-0.39, 0.29) is 0 Å². The average Bonchev–Trinajstić information content (AvgIpc) is 2.49. The molecule has 22 heavy (non-hydrogen) atoms. The summed E-state index contributed by atoms with van der Waals surface area (Å²) in [4.78, 5) is 0. The van der Waals surface area contributed by atoms with Gasteiger partial charge < -0.3 is 10.6 Å². The highest BCUT2D eigenvalue weighted by Crippen LogP contribution is 2.20. The van der Waals surface area contributed by atoms with Gasteiger partial charge in [-0.2, -0.15) is 0 Å². The lowest BCUT2D eigenvalue weighted by molar-refractivity contribution is 0.540. The molecule has 2 N–H and O–H groups in total. The van der Waals surface area contributed by atoms with E-state index in [1.807, 2.05) is 0 Å². The average molecular weight is 296 g/mol. The maximum Gasteiger partial charge on any atom is 0.0385 e. The van der Waals surface area contributed by atoms with E-state index in [4.69, 9.17) is 0 Å². The Morgan fingerprint density at radius 3 is 1.77 bits per heavy atom. The minimum atomic E-state index is 0.500. The van der Waals surface area contributed by atoms with Crippen LogP contribution in [0.4, 0.5) is 17.1 Å². The third-order valence-corrected chi connectivity index (χ3v) is 3.77. The van der Waals surface area contributed by atoms with Crippen molar-refractivity contribution in [2.75, 3.05) is 10.6 Å². The van der Waals surface area contributed by atoms with E-state index >= 15 is 0 Å². The van der Waals surface area contributed by atoms with E-state index < -0.39 is 0 Å². The molecule has 0 aromatic heterocycles. The third-order valence-electron chi connectivity index (χ3n) is 3.77. The maximum absolute atomic E-state index is 3.55. The lowest BCUT2D eigenvalue weighted by Crippen LogP contribution is -2.17. The Bertz CT molecular complexity index is 555. The summed E-state index contributed by atoms with van der Waals surface area (Å²) in [6.45, 7) is 8.93. The molecule has 1 unspecified atom stereocenters. The second kappa shape index (κ2) is 7.88. The normalized spacial score (nSPS) is 12.2. The van der Waals surface area contributed by atoms with Crippen LogP contribution in [-0.4, -0.2) is 6.04 Å². The molecule has 0 spiro atoms. The van der Waals surface area contributed by atoms with Gasteiger partial charge in [-0.3, -0.25) is 0 Å². The number of hydrogen-bond acceptors (Lipinski definition) is 2. The van der Waals surface area contributed by atoms with Crippen LogP contribution in [0.25, 0.3) is 0 Å². The molecule has 2 rings (SSSR count). The summed E-state index contributed by atoms with van der Waals surface area (Å²) in [6.07, 6.45) is 2.26. The van der Waals surface area contributed by atoms with Crippen molar-refractivity contribution >= 4 is 17.1 Å². The van der Waals surface area contributed by atoms with Crippen LogP contribution in [0.5, 0.6) is 0 Å². The van der Waals surface area contributed by atoms with Crippen molar-refractivity contribution in [1.82, 2.24) is 0 Å². The Morgan fingerprint density at radius 2 is 1.27 bits per heavy atom. The quantitative estimate of drug-likeness (QED) is 0.670. The minimum absolute atomic E-state index is 0.500. The molecule has 118 valence electrons. The Labute approximate surface area is 135 Å². The van der Waals surface area contributed by atoms with Gasteiger partial charge >= 0.3 is 0 Å². The summed E-state index contributed by atoms with van der Waals surface area (Å²) in [6, 6.07) is 17.6. The van der Waals surface area contributed by atoms with Gasteiger partial charge in [-0.25, -0.2) is 0 Å². The summed E-state index contributed by atoms with van der Waals surface area (Å²) in [5.41, 5.74) is 4.79. The zero-order valence-electron chi connectivity index (χ0n) is 14.2. The number of anilines is 3. The Kier molecular flexibility index (Phi) is 5.88. The van der Waals surface area contributed by atoms with Crippen molar-refractivity contribution in [2.45, 2.75) is 46.6 Å². The zero-order valence-corrected chi connectivity index (χ0v) is 14.2. The molecule has 0 aliphatic rings. The topological polar surface area (TPSA) is 24.1 Å². The van der Waals surface area contributed by atoms with Crippen molar-refractivity contribution in [1.29, 1.82) is 0 Å². The van der Waals surface area contributed by atoms with Gasteiger partial charge in [0.1, 0.15) is 0 Å². The van der Waals surface area contributed by atoms with Crippen LogP contribution < -0.4 is 10.6 Å². The van der Waals surface area contributed by atoms with Crippen molar-refractivity contribution in [3.8, 4) is 0 Å². The van der Waals surface area contributed by atoms with Gasteiger partial charge in [0.15, 0.2) is 0 Å². The summed E-state index contributed by atoms with van der Waals surface area (Å²) in [5.74, 6) is 0.717. The predicted molar refractivity (Wildman–Crippen MR) is 98.1 cm³/mol. The lowest BCUT2D eigenvalue weighted by atomic mass is 10.1. The molecular weight excluding hydrogens is 268 g/mol. The molecule has 0 saturated heterocycles. The van der Waals surface area contributed by atoms with Gasteiger partial charge in [0.25, 0.3) is 0 Å². The molecule has 0 radical (unpaired) electrons. The number of rotatable bonds is 7. The van der Waals surface area contributed by atoms with E-state index in [0.29, 0.717) is 6.04 Å². The van der Waals surface area contributed by atoms with Crippen LogP contribution in [0, 0.1) is 5.92 Å². The largest absolute Gasteiger partial charge is 0.383 e. The first-order valence-electron chi connectivity index (χ1n) is 8.29. The van der Waals surface area contributed by atoms with Gasteiger partial charge in [-0.1, -0.05) is 32.9 Å². The Morgan fingerprint density at radius 1 is 0.773 bits per heavy atom. The van der Waals surface area contributed by atoms with E-state index in [2.05, 4.69) is 86.9 Å². The van der Waals surface area contributed by atoms with Crippen LogP contribution in [0.15, 0.2) is 48.5 Å². The second-order valence-electron chi connectivity index (χ2n) is 6.43. The van der Waals surface area contributed by atoms with E-state index in [0.717, 1.165) is 23.7 Å². The molecule has 0 heterocycles. The summed E-state index contributed by atoms with van der Waals surface area (Å²) in [7, 11) is 0. The van der Waals surface area contributed by atoms with Gasteiger partial charge in [0, 0.05) is 23.1 Å². The van der Waals surface area contributed by atoms with Gasteiger partial charge in [-0.05, 0) is 67.6 Å². The van der Waals surface area contributed by atoms with Gasteiger partial charge in [-0.15, -0.1) is 0 Å². The van der Waals surface area contributed by atoms with Crippen LogP contribution in [-0.2, 0) is 6.42 Å². The lowest BCUT2D eigenvalue weighted by Gasteiger charge is -2.17. The smallest absolute Gasteiger partial charge is 0.0385 e. The summed E-state index contributed by atoms with van der Waals surface area (Å²) in [5, 5.41) is 6.99. The van der Waals surface area contributed by atoms with Gasteiger partial charge in [0.2, 0.25) is 0 Å². The molecule has 2 aromatic carbocycles. The molecule has 0 aliphatic carbocycles. The van der Waals surface area contributed by atoms with Crippen molar-refractivity contribution in [2.24, 2.45) is 5.92 Å². The van der Waals surface area contributed by atoms with Crippen molar-refractivity contribution in [3.63, 3.8) is 0 Å². The minimum Gasteiger partial charge on any atom is -0.383 e. The fraction of sp³-hybridized carbons (Fsp3) is 0.400. The first kappa shape index (κ1) is 16.4. The molecule has 2 heteroatoms. The van der Waals surface area contributed by atoms with Crippen LogP contribution in [0.1, 0.15) is 39.7 Å². The molecule has 2 aromatic rings. The van der Waals surface area contributed by atoms with Crippen LogP contribution >= 0.6 is 0 Å². The molecule has 0 fully saturated rings. The highest BCUT2D eigenvalue weighted by molar-refractivity contribution is 5.62. The van der Waals surface area contributed by atoms with Crippen LogP contribution in [0.2, 0.25) is 0 Å². The fourth-order valence-electron chi connectivity index (χ4n) is 2.69. The molecule has 0 amide bonds. The fourth-order valence-corrected chi connectivity index (χ4v) is 2.69. The molecule has 1 atom stereocenters. The molecule has 2 nitrogen and oxygen atoms in total. The molecule has 0 saturated carbocycles. The second-order valence-corrected chi connectivity index (χ2v) is 6.43. The van der Waals surface area contributed by atoms with E-state index in [1.165, 1.54) is 17.7 Å². The van der Waals surface area contributed by atoms with Crippen molar-refractivity contribution in [3.05, 3.63) is 54.1 Å². The summed E-state index contributed by atoms with van der Waals surface area (Å²) < 4.78 is 0. The maximum atomic E-state index is 3.55. The number of nitrogens with one attached hydrogen (secondary N) is 2. The molecule has 0 bridgehead atoms. The zero-order chi connectivity index (χ0) is 15.9. The van der Waals surface area contributed by atoms with Gasteiger partial charge in [0.05, 0.1) is 0 Å². The standard InChI is InChI=1S/C20H28N2/c1-5-17-6-8-19(9-7-17)22-20-12-10-18(11-13-20)21-16(4)14-15(2)3/h6-13,15-16,21-22H,5,14H2,1-4H3. The number of benzene rings is 2. The predicted octanol–water partition coefficient (Wildman–Crippen LogP) is 5.84. The first-order chi connectivity index (χ1) is 10.6. The van der Waals surface area contributed by atoms with E-state index in [9.17, 15) is 0 Å². The Balaban J connectivity index is 1.93. The monoisotopic (exact) mass is 296 g/mol. The van der Waals surface area contributed by atoms with Crippen molar-refractivity contribution < 1.29 is 0 Å². The molecule has 0 aliphatic heterocycles. The Hall–Kier alpha value is -1.96. The number of aryl methyl sites for hydroxylation is 1. The third kappa shape index (κ3) is 5.10. The first-order valence-corrected chi connectivity index (χ1v) is 8.29. The molecular formula is C20H28N2. The highest BCUT2D eigenvalue weighted by Gasteiger charge is 2.04. The number of hydrogen-bond donors (Lipinski definition) is 2. The van der Waals surface area contributed by atoms with E-state index in [1.54, 1.807) is 0 Å². The van der Waals surface area contributed by atoms with Crippen LogP contribution in [0.3, 0.4) is 0 Å². The highest BCUT2D eigenvalue weighted by atomic mass is 14.9. The SMILES string of the molecule is CCc1ccc(Nc2ccc(NC(C)CC(C)C)cc2)cc1. The summed E-state index contributed by atoms with van der Waals surface area (Å²) >= 11 is 0.